The van der Waals surface area contributed by atoms with Gasteiger partial charge in [0, 0.05) is 13.1 Å². The Kier molecular flexibility index (Phi) is 2.13. The monoisotopic (exact) mass is 166 g/mol. The molecule has 0 N–H and O–H groups in total. The quantitative estimate of drug-likeness (QED) is 0.573. The number of ether oxygens (including phenoxy) is 1. The molecule has 0 aromatic carbocycles. The van der Waals surface area contributed by atoms with Gasteiger partial charge in [-0.05, 0) is 0 Å². The third-order valence-electron chi connectivity index (χ3n) is 1.77. The standard InChI is InChI=1S/C7H10N4O/c1-3-12-4-2-11(1)7-9-5-8-6-10-7/h5-6H,1-4H2. The Morgan fingerprint density at radius 3 is 2.50 bits per heavy atom. The molecular formula is C7H10N4O. The van der Waals surface area contributed by atoms with Gasteiger partial charge in [-0.15, -0.1) is 0 Å². The molecule has 1 fully saturated rings. The molecule has 12 heavy (non-hydrogen) atoms. The summed E-state index contributed by atoms with van der Waals surface area (Å²) >= 11 is 0. The second-order valence-electron chi connectivity index (χ2n) is 2.54. The summed E-state index contributed by atoms with van der Waals surface area (Å²) in [5, 5.41) is 0. The normalized spacial score (nSPS) is 17.8. The smallest absolute Gasteiger partial charge is 0.228 e. The lowest BCUT2D eigenvalue weighted by Crippen LogP contribution is -2.37. The summed E-state index contributed by atoms with van der Waals surface area (Å²) in [6.45, 7) is 3.24. The molecule has 5 nitrogen and oxygen atoms in total. The second-order valence-corrected chi connectivity index (χ2v) is 2.54. The lowest BCUT2D eigenvalue weighted by Gasteiger charge is -2.26. The molecule has 0 bridgehead atoms. The van der Waals surface area contributed by atoms with Crippen molar-refractivity contribution in [3.8, 4) is 0 Å². The number of nitrogens with zero attached hydrogens (tertiary/aromatic N) is 4. The van der Waals surface area contributed by atoms with Crippen LogP contribution in [0.25, 0.3) is 0 Å². The highest BCUT2D eigenvalue weighted by Gasteiger charge is 2.12. The fraction of sp³-hybridized carbons (Fsp3) is 0.571. The van der Waals surface area contributed by atoms with Crippen molar-refractivity contribution in [3.05, 3.63) is 12.7 Å². The van der Waals surface area contributed by atoms with E-state index in [1.807, 2.05) is 0 Å². The van der Waals surface area contributed by atoms with Crippen molar-refractivity contribution in [1.82, 2.24) is 15.0 Å². The van der Waals surface area contributed by atoms with Crippen LogP contribution in [0.2, 0.25) is 0 Å². The van der Waals surface area contributed by atoms with E-state index >= 15 is 0 Å². The van der Waals surface area contributed by atoms with Crippen molar-refractivity contribution in [3.63, 3.8) is 0 Å². The van der Waals surface area contributed by atoms with E-state index in [9.17, 15) is 0 Å². The lowest BCUT2D eigenvalue weighted by molar-refractivity contribution is 0.122. The van der Waals surface area contributed by atoms with E-state index in [2.05, 4.69) is 19.9 Å². The lowest BCUT2D eigenvalue weighted by atomic mass is 10.4. The Bertz CT molecular complexity index is 234. The van der Waals surface area contributed by atoms with Gasteiger partial charge in [-0.25, -0.2) is 15.0 Å². The van der Waals surface area contributed by atoms with E-state index in [1.54, 1.807) is 0 Å². The Hall–Kier alpha value is -1.23. The van der Waals surface area contributed by atoms with Crippen LogP contribution >= 0.6 is 0 Å². The fourth-order valence-electron chi connectivity index (χ4n) is 1.16. The van der Waals surface area contributed by atoms with Gasteiger partial charge in [0.05, 0.1) is 13.2 Å². The van der Waals surface area contributed by atoms with Crippen molar-refractivity contribution >= 4 is 5.95 Å². The average Bonchev–Trinajstić information content (AvgIpc) is 2.21. The maximum absolute atomic E-state index is 5.21. The minimum Gasteiger partial charge on any atom is -0.378 e. The molecule has 0 saturated carbocycles. The molecular weight excluding hydrogens is 156 g/mol. The maximum Gasteiger partial charge on any atom is 0.228 e. The molecule has 0 spiro atoms. The van der Waals surface area contributed by atoms with Crippen LogP contribution in [0.5, 0.6) is 0 Å². The van der Waals surface area contributed by atoms with Crippen LogP contribution in [-0.2, 0) is 4.74 Å². The van der Waals surface area contributed by atoms with Crippen molar-refractivity contribution in [2.75, 3.05) is 31.2 Å². The highest BCUT2D eigenvalue weighted by Crippen LogP contribution is 2.05. The first-order chi connectivity index (χ1) is 5.97. The molecule has 64 valence electrons. The zero-order valence-electron chi connectivity index (χ0n) is 6.68. The molecule has 0 radical (unpaired) electrons. The largest absolute Gasteiger partial charge is 0.378 e. The summed E-state index contributed by atoms with van der Waals surface area (Å²) in [5.74, 6) is 0.744. The molecule has 2 rings (SSSR count). The third kappa shape index (κ3) is 1.50. The molecule has 0 unspecified atom stereocenters. The van der Waals surface area contributed by atoms with Gasteiger partial charge in [0.25, 0.3) is 0 Å². The van der Waals surface area contributed by atoms with Gasteiger partial charge in [-0.3, -0.25) is 0 Å². The first kappa shape index (κ1) is 7.42. The molecule has 1 aliphatic rings. The average molecular weight is 166 g/mol. The number of hydrogen-bond acceptors (Lipinski definition) is 5. The summed E-state index contributed by atoms with van der Waals surface area (Å²) in [5.41, 5.74) is 0. The topological polar surface area (TPSA) is 51.1 Å². The van der Waals surface area contributed by atoms with E-state index in [-0.39, 0.29) is 0 Å². The minimum atomic E-state index is 0.744. The molecule has 5 heteroatoms. The number of aromatic nitrogens is 3. The van der Waals surface area contributed by atoms with Gasteiger partial charge >= 0.3 is 0 Å². The molecule has 0 amide bonds. The Morgan fingerprint density at radius 2 is 1.83 bits per heavy atom. The molecule has 2 heterocycles. The van der Waals surface area contributed by atoms with Crippen molar-refractivity contribution in [1.29, 1.82) is 0 Å². The summed E-state index contributed by atoms with van der Waals surface area (Å²) in [6.07, 6.45) is 3.02. The van der Waals surface area contributed by atoms with Crippen LogP contribution in [0.1, 0.15) is 0 Å². The predicted molar refractivity (Wildman–Crippen MR) is 42.9 cm³/mol. The van der Waals surface area contributed by atoms with Crippen LogP contribution in [0.3, 0.4) is 0 Å². The van der Waals surface area contributed by atoms with Crippen molar-refractivity contribution < 1.29 is 4.74 Å². The number of hydrogen-bond donors (Lipinski definition) is 0. The molecule has 0 aliphatic carbocycles. The van der Waals surface area contributed by atoms with Gasteiger partial charge in [-0.2, -0.15) is 0 Å². The number of rotatable bonds is 1. The van der Waals surface area contributed by atoms with Gasteiger partial charge in [-0.1, -0.05) is 0 Å². The summed E-state index contributed by atoms with van der Waals surface area (Å²) in [6, 6.07) is 0. The first-order valence-corrected chi connectivity index (χ1v) is 3.91. The zero-order chi connectivity index (χ0) is 8.23. The van der Waals surface area contributed by atoms with E-state index < -0.39 is 0 Å². The zero-order valence-corrected chi connectivity index (χ0v) is 6.68. The van der Waals surface area contributed by atoms with Crippen LogP contribution in [0, 0.1) is 0 Å². The van der Waals surface area contributed by atoms with E-state index in [4.69, 9.17) is 4.74 Å². The molecule has 0 atom stereocenters. The number of anilines is 1. The van der Waals surface area contributed by atoms with E-state index in [1.165, 1.54) is 12.7 Å². The molecule has 1 aromatic rings. The SMILES string of the molecule is c1ncnc(N2CCOCC2)n1. The van der Waals surface area contributed by atoms with Gasteiger partial charge in [0.1, 0.15) is 12.7 Å². The van der Waals surface area contributed by atoms with Crippen LogP contribution < -0.4 is 4.90 Å². The van der Waals surface area contributed by atoms with Crippen LogP contribution in [0.15, 0.2) is 12.7 Å². The predicted octanol–water partition coefficient (Wildman–Crippen LogP) is -0.292. The highest BCUT2D eigenvalue weighted by molar-refractivity contribution is 5.27. The van der Waals surface area contributed by atoms with Crippen LogP contribution in [-0.4, -0.2) is 41.3 Å². The number of morpholine rings is 1. The Morgan fingerprint density at radius 1 is 1.17 bits per heavy atom. The van der Waals surface area contributed by atoms with E-state index in [0.29, 0.717) is 0 Å². The van der Waals surface area contributed by atoms with Gasteiger partial charge in [0.15, 0.2) is 0 Å². The van der Waals surface area contributed by atoms with Crippen molar-refractivity contribution in [2.24, 2.45) is 0 Å². The Labute approximate surface area is 70.4 Å². The van der Waals surface area contributed by atoms with Crippen molar-refractivity contribution in [2.45, 2.75) is 0 Å². The van der Waals surface area contributed by atoms with Crippen LogP contribution in [0.4, 0.5) is 5.95 Å². The summed E-state index contributed by atoms with van der Waals surface area (Å²) in [4.78, 5) is 13.9. The molecule has 1 aliphatic heterocycles. The first-order valence-electron chi connectivity index (χ1n) is 3.91. The second kappa shape index (κ2) is 3.44. The third-order valence-corrected chi connectivity index (χ3v) is 1.77. The Balaban J connectivity index is 2.08. The molecule has 1 aromatic heterocycles. The fourth-order valence-corrected chi connectivity index (χ4v) is 1.16. The maximum atomic E-state index is 5.21. The summed E-state index contributed by atoms with van der Waals surface area (Å²) in [7, 11) is 0. The molecule has 1 saturated heterocycles. The summed E-state index contributed by atoms with van der Waals surface area (Å²) < 4.78 is 5.21. The minimum absolute atomic E-state index is 0.744. The van der Waals surface area contributed by atoms with Gasteiger partial charge in [0.2, 0.25) is 5.95 Å². The highest BCUT2D eigenvalue weighted by atomic mass is 16.5. The van der Waals surface area contributed by atoms with Gasteiger partial charge < -0.3 is 9.64 Å². The van der Waals surface area contributed by atoms with E-state index in [0.717, 1.165) is 32.3 Å².